The third-order valence-corrected chi connectivity index (χ3v) is 4.81. The van der Waals surface area contributed by atoms with Crippen LogP contribution in [-0.4, -0.2) is 15.4 Å². The summed E-state index contributed by atoms with van der Waals surface area (Å²) in [5.41, 5.74) is 3.37. The lowest BCUT2D eigenvalue weighted by Gasteiger charge is -2.08. The van der Waals surface area contributed by atoms with Gasteiger partial charge in [-0.3, -0.25) is 0 Å². The van der Waals surface area contributed by atoms with E-state index < -0.39 is 0 Å². The Kier molecular flexibility index (Phi) is 4.01. The van der Waals surface area contributed by atoms with Crippen molar-refractivity contribution in [2.24, 2.45) is 0 Å². The van der Waals surface area contributed by atoms with Crippen LogP contribution in [0.5, 0.6) is 0 Å². The van der Waals surface area contributed by atoms with E-state index in [0.29, 0.717) is 10.9 Å². The van der Waals surface area contributed by atoms with Gasteiger partial charge in [0.1, 0.15) is 5.82 Å². The number of aryl methyl sites for hydroxylation is 2. The van der Waals surface area contributed by atoms with Gasteiger partial charge in [0.2, 0.25) is 0 Å². The molecule has 2 heterocycles. The lowest BCUT2D eigenvalue weighted by Crippen LogP contribution is -2.05. The van der Waals surface area contributed by atoms with Crippen molar-refractivity contribution in [1.82, 2.24) is 9.55 Å². The highest BCUT2D eigenvalue weighted by Crippen LogP contribution is 2.24. The van der Waals surface area contributed by atoms with Crippen LogP contribution in [0.1, 0.15) is 16.3 Å². The minimum Gasteiger partial charge on any atom is -0.323 e. The number of halogens is 2. The van der Waals surface area contributed by atoms with Crippen molar-refractivity contribution >= 4 is 45.6 Å². The van der Waals surface area contributed by atoms with E-state index in [0.717, 1.165) is 29.8 Å². The third kappa shape index (κ3) is 2.58. The average Bonchev–Trinajstić information content (AvgIpc) is 2.96. The first kappa shape index (κ1) is 13.9. The largest absolute Gasteiger partial charge is 0.323 e. The van der Waals surface area contributed by atoms with Crippen LogP contribution in [0.3, 0.4) is 0 Å². The van der Waals surface area contributed by atoms with Crippen molar-refractivity contribution in [3.8, 4) is 0 Å². The summed E-state index contributed by atoms with van der Waals surface area (Å²) >= 11 is 13.7. The van der Waals surface area contributed by atoms with Crippen LogP contribution in [0.4, 0.5) is 0 Å². The smallest absolute Gasteiger partial charge is 0.111 e. The molecular weight excluding hydrogens is 311 g/mol. The maximum absolute atomic E-state index is 6.05. The van der Waals surface area contributed by atoms with E-state index in [2.05, 4.69) is 27.9 Å². The second-order valence-electron chi connectivity index (χ2n) is 4.71. The van der Waals surface area contributed by atoms with Crippen LogP contribution in [-0.2, 0) is 13.0 Å². The summed E-state index contributed by atoms with van der Waals surface area (Å²) < 4.78 is 2.24. The standard InChI is InChI=1S/C15H14Cl2N2S/c1-10-5-7-20-14(10)9-19-13-3-2-11(17)8-12(13)18-15(19)4-6-16/h2-3,5,7-8H,4,6,9H2,1H3. The quantitative estimate of drug-likeness (QED) is 0.625. The molecule has 0 atom stereocenters. The van der Waals surface area contributed by atoms with Crippen molar-refractivity contribution in [3.05, 3.63) is 50.9 Å². The van der Waals surface area contributed by atoms with Crippen molar-refractivity contribution in [2.75, 3.05) is 5.88 Å². The van der Waals surface area contributed by atoms with Gasteiger partial charge in [0.25, 0.3) is 0 Å². The van der Waals surface area contributed by atoms with E-state index in [9.17, 15) is 0 Å². The molecule has 2 nitrogen and oxygen atoms in total. The second kappa shape index (κ2) is 5.76. The minimum absolute atomic E-state index is 0.570. The lowest BCUT2D eigenvalue weighted by atomic mass is 10.2. The fourth-order valence-electron chi connectivity index (χ4n) is 2.31. The molecule has 0 saturated heterocycles. The zero-order valence-electron chi connectivity index (χ0n) is 11.1. The number of alkyl halides is 1. The molecule has 0 N–H and O–H groups in total. The summed E-state index contributed by atoms with van der Waals surface area (Å²) in [6, 6.07) is 8.00. The van der Waals surface area contributed by atoms with E-state index in [1.165, 1.54) is 10.4 Å². The lowest BCUT2D eigenvalue weighted by molar-refractivity contribution is 0.760. The number of hydrogen-bond acceptors (Lipinski definition) is 2. The SMILES string of the molecule is Cc1ccsc1Cn1c(CCCl)nc2cc(Cl)ccc21. The second-order valence-corrected chi connectivity index (χ2v) is 6.53. The van der Waals surface area contributed by atoms with Crippen molar-refractivity contribution in [1.29, 1.82) is 0 Å². The number of hydrogen-bond donors (Lipinski definition) is 0. The summed E-state index contributed by atoms with van der Waals surface area (Å²) in [4.78, 5) is 6.03. The molecule has 0 unspecified atom stereocenters. The number of rotatable bonds is 4. The molecule has 2 aromatic heterocycles. The predicted octanol–water partition coefficient (Wildman–Crippen LogP) is 4.89. The average molecular weight is 325 g/mol. The third-order valence-electron chi connectivity index (χ3n) is 3.38. The number of imidazole rings is 1. The molecular formula is C15H14Cl2N2S. The summed E-state index contributed by atoms with van der Waals surface area (Å²) in [6.07, 6.45) is 0.762. The zero-order chi connectivity index (χ0) is 14.1. The number of aromatic nitrogens is 2. The summed E-state index contributed by atoms with van der Waals surface area (Å²) in [5.74, 6) is 1.59. The van der Waals surface area contributed by atoms with E-state index in [-0.39, 0.29) is 0 Å². The Labute approximate surface area is 132 Å². The van der Waals surface area contributed by atoms with Crippen LogP contribution < -0.4 is 0 Å². The molecule has 1 aromatic carbocycles. The Bertz CT molecular complexity index is 745. The summed E-state index contributed by atoms with van der Waals surface area (Å²) in [6.45, 7) is 2.98. The molecule has 104 valence electrons. The van der Waals surface area contributed by atoms with Crippen LogP contribution in [0.2, 0.25) is 5.02 Å². The Hall–Kier alpha value is -1.03. The molecule has 3 rings (SSSR count). The van der Waals surface area contributed by atoms with E-state index in [1.54, 1.807) is 11.3 Å². The van der Waals surface area contributed by atoms with Gasteiger partial charge in [-0.05, 0) is 42.1 Å². The number of nitrogens with zero attached hydrogens (tertiary/aromatic N) is 2. The fourth-order valence-corrected chi connectivity index (χ4v) is 3.54. The van der Waals surface area contributed by atoms with Gasteiger partial charge in [-0.1, -0.05) is 11.6 Å². The number of fused-ring (bicyclic) bond motifs is 1. The maximum atomic E-state index is 6.05. The highest BCUT2D eigenvalue weighted by atomic mass is 35.5. The van der Waals surface area contributed by atoms with Crippen molar-refractivity contribution in [2.45, 2.75) is 19.9 Å². The predicted molar refractivity (Wildman–Crippen MR) is 87.3 cm³/mol. The first-order valence-electron chi connectivity index (χ1n) is 6.42. The van der Waals surface area contributed by atoms with E-state index in [1.807, 2.05) is 18.2 Å². The molecule has 0 aliphatic carbocycles. The molecule has 0 radical (unpaired) electrons. The molecule has 0 aliphatic heterocycles. The maximum Gasteiger partial charge on any atom is 0.111 e. The van der Waals surface area contributed by atoms with E-state index in [4.69, 9.17) is 23.2 Å². The van der Waals surface area contributed by atoms with Gasteiger partial charge in [0.15, 0.2) is 0 Å². The van der Waals surface area contributed by atoms with Crippen LogP contribution >= 0.6 is 34.5 Å². The molecule has 0 saturated carbocycles. The number of benzene rings is 1. The van der Waals surface area contributed by atoms with Gasteiger partial charge in [-0.25, -0.2) is 4.98 Å². The van der Waals surface area contributed by atoms with Gasteiger partial charge in [-0.2, -0.15) is 0 Å². The zero-order valence-corrected chi connectivity index (χ0v) is 13.4. The van der Waals surface area contributed by atoms with Gasteiger partial charge in [-0.15, -0.1) is 22.9 Å². The Morgan fingerprint density at radius 2 is 2.15 bits per heavy atom. The van der Waals surface area contributed by atoms with Gasteiger partial charge >= 0.3 is 0 Å². The van der Waals surface area contributed by atoms with Gasteiger partial charge < -0.3 is 4.57 Å². The summed E-state index contributed by atoms with van der Waals surface area (Å²) in [7, 11) is 0. The first-order chi connectivity index (χ1) is 9.69. The molecule has 3 aromatic rings. The molecule has 0 fully saturated rings. The van der Waals surface area contributed by atoms with Crippen LogP contribution in [0, 0.1) is 6.92 Å². The Balaban J connectivity index is 2.11. The minimum atomic E-state index is 0.570. The molecule has 0 aliphatic rings. The highest BCUT2D eigenvalue weighted by molar-refractivity contribution is 7.10. The van der Waals surface area contributed by atoms with Gasteiger partial charge in [0, 0.05) is 22.2 Å². The molecule has 20 heavy (non-hydrogen) atoms. The Morgan fingerprint density at radius 3 is 2.85 bits per heavy atom. The topological polar surface area (TPSA) is 17.8 Å². The molecule has 0 amide bonds. The Morgan fingerprint density at radius 1 is 1.30 bits per heavy atom. The fraction of sp³-hybridized carbons (Fsp3) is 0.267. The monoisotopic (exact) mass is 324 g/mol. The highest BCUT2D eigenvalue weighted by Gasteiger charge is 2.12. The van der Waals surface area contributed by atoms with Crippen molar-refractivity contribution < 1.29 is 0 Å². The first-order valence-corrected chi connectivity index (χ1v) is 8.22. The number of thiophene rings is 1. The van der Waals surface area contributed by atoms with Crippen molar-refractivity contribution in [3.63, 3.8) is 0 Å². The van der Waals surface area contributed by atoms with Gasteiger partial charge in [0.05, 0.1) is 17.6 Å². The molecule has 5 heteroatoms. The molecule has 0 bridgehead atoms. The van der Waals surface area contributed by atoms with Crippen LogP contribution in [0.25, 0.3) is 11.0 Å². The summed E-state index contributed by atoms with van der Waals surface area (Å²) in [5, 5.41) is 2.84. The van der Waals surface area contributed by atoms with Crippen LogP contribution in [0.15, 0.2) is 29.6 Å². The normalized spacial score (nSPS) is 11.3. The van der Waals surface area contributed by atoms with E-state index >= 15 is 0 Å². The molecule has 0 spiro atoms.